The van der Waals surface area contributed by atoms with E-state index < -0.39 is 0 Å². The van der Waals surface area contributed by atoms with Gasteiger partial charge in [-0.25, -0.2) is 0 Å². The first-order chi connectivity index (χ1) is 3.80. The summed E-state index contributed by atoms with van der Waals surface area (Å²) in [5.41, 5.74) is 3.20. The monoisotopic (exact) mass is 332 g/mol. The zero-order valence-corrected chi connectivity index (χ0v) is 8.64. The summed E-state index contributed by atoms with van der Waals surface area (Å²) < 4.78 is 2.10. The lowest BCUT2D eigenvalue weighted by Gasteiger charge is -2.07. The molecule has 0 aromatic heterocycles. The normalized spacial score (nSPS) is 27.8. The van der Waals surface area contributed by atoms with Gasteiger partial charge in [0.05, 0.1) is 0 Å². The van der Waals surface area contributed by atoms with Crippen LogP contribution in [-0.4, -0.2) is 3.92 Å². The number of hydrogen-bond acceptors (Lipinski definition) is 0. The van der Waals surface area contributed by atoms with Gasteiger partial charge < -0.3 is 0 Å². The van der Waals surface area contributed by atoms with Crippen molar-refractivity contribution in [3.8, 4) is 0 Å². The average Bonchev–Trinajstić information content (AvgIpc) is 1.77. The van der Waals surface area contributed by atoms with E-state index in [9.17, 15) is 0 Å². The second-order valence-electron chi connectivity index (χ2n) is 1.74. The van der Waals surface area contributed by atoms with Gasteiger partial charge in [-0.05, 0) is 41.5 Å². The molecule has 0 aromatic rings. The highest BCUT2D eigenvalue weighted by atomic mass is 127. The minimum absolute atomic E-state index is 0.734. The van der Waals surface area contributed by atoms with Gasteiger partial charge in [0.2, 0.25) is 0 Å². The van der Waals surface area contributed by atoms with Crippen molar-refractivity contribution >= 4 is 45.2 Å². The van der Waals surface area contributed by atoms with Gasteiger partial charge in [-0.15, -0.1) is 5.73 Å². The minimum Gasteiger partial charge on any atom is -0.114 e. The van der Waals surface area contributed by atoms with Crippen molar-refractivity contribution in [2.75, 3.05) is 0 Å². The van der Waals surface area contributed by atoms with Gasteiger partial charge in [-0.3, -0.25) is 0 Å². The Bertz CT molecular complexity index is 143. The van der Waals surface area contributed by atoms with Crippen LogP contribution in [0.1, 0.15) is 12.8 Å². The molecule has 0 fully saturated rings. The third-order valence-corrected chi connectivity index (χ3v) is 4.58. The summed E-state index contributed by atoms with van der Waals surface area (Å²) in [4.78, 5) is 0. The lowest BCUT2D eigenvalue weighted by molar-refractivity contribution is 0.887. The molecule has 0 heterocycles. The summed E-state index contributed by atoms with van der Waals surface area (Å²) in [5, 5.41) is 0. The fourth-order valence-electron chi connectivity index (χ4n) is 0.616. The second kappa shape index (κ2) is 3.22. The highest BCUT2D eigenvalue weighted by Crippen LogP contribution is 2.25. The predicted molar refractivity (Wildman–Crippen MR) is 52.7 cm³/mol. The fourth-order valence-corrected chi connectivity index (χ4v) is 1.69. The Morgan fingerprint density at radius 3 is 2.88 bits per heavy atom. The zero-order valence-electron chi connectivity index (χ0n) is 4.32. The molecule has 0 aliphatic heterocycles. The van der Waals surface area contributed by atoms with E-state index in [-0.39, 0.29) is 0 Å². The molecule has 2 heteroatoms. The van der Waals surface area contributed by atoms with E-state index in [0.717, 1.165) is 3.92 Å². The molecule has 0 bridgehead atoms. The third kappa shape index (κ3) is 1.74. The summed E-state index contributed by atoms with van der Waals surface area (Å²) in [5.74, 6) is 0. The lowest BCUT2D eigenvalue weighted by atomic mass is 10.2. The van der Waals surface area contributed by atoms with Crippen LogP contribution in [0, 0.1) is 0 Å². The molecule has 0 saturated carbocycles. The summed E-state index contributed by atoms with van der Waals surface area (Å²) in [6.45, 7) is 0. The molecule has 0 N–H and O–H groups in total. The molecular weight excluding hydrogens is 326 g/mol. The van der Waals surface area contributed by atoms with E-state index in [1.807, 2.05) is 0 Å². The summed E-state index contributed by atoms with van der Waals surface area (Å²) in [6, 6.07) is 0. The zero-order chi connectivity index (χ0) is 5.98. The van der Waals surface area contributed by atoms with Crippen LogP contribution >= 0.6 is 45.2 Å². The fraction of sp³-hybridized carbons (Fsp3) is 0.500. The van der Waals surface area contributed by atoms with Crippen molar-refractivity contribution in [3.63, 3.8) is 0 Å². The molecular formula is C6H6I2. The molecule has 1 unspecified atom stereocenters. The van der Waals surface area contributed by atoms with Crippen LogP contribution in [0.15, 0.2) is 15.4 Å². The van der Waals surface area contributed by atoms with E-state index in [0.29, 0.717) is 0 Å². The highest BCUT2D eigenvalue weighted by molar-refractivity contribution is 14.1. The smallest absolute Gasteiger partial charge is 0.0494 e. The molecule has 1 atom stereocenters. The SMILES string of the molecule is IC1=C=CCCC1I. The minimum atomic E-state index is 0.734. The van der Waals surface area contributed by atoms with Gasteiger partial charge in [-0.1, -0.05) is 22.6 Å². The lowest BCUT2D eigenvalue weighted by Crippen LogP contribution is -1.97. The van der Waals surface area contributed by atoms with Crippen LogP contribution in [0.3, 0.4) is 0 Å². The van der Waals surface area contributed by atoms with Gasteiger partial charge in [-0.2, -0.15) is 0 Å². The predicted octanol–water partition coefficient (Wildman–Crippen LogP) is 3.06. The van der Waals surface area contributed by atoms with Gasteiger partial charge in [0.15, 0.2) is 0 Å². The molecule has 1 aliphatic rings. The van der Waals surface area contributed by atoms with Crippen LogP contribution < -0.4 is 0 Å². The molecule has 8 heavy (non-hydrogen) atoms. The van der Waals surface area contributed by atoms with Crippen molar-refractivity contribution < 1.29 is 0 Å². The first-order valence-corrected chi connectivity index (χ1v) is 4.88. The number of hydrogen-bond donors (Lipinski definition) is 0. The Kier molecular flexibility index (Phi) is 2.86. The summed E-state index contributed by atoms with van der Waals surface area (Å²) >= 11 is 4.81. The van der Waals surface area contributed by atoms with Gasteiger partial charge in [0.1, 0.15) is 0 Å². The Labute approximate surface area is 76.7 Å². The van der Waals surface area contributed by atoms with E-state index in [1.54, 1.807) is 0 Å². The molecule has 0 saturated heterocycles. The van der Waals surface area contributed by atoms with E-state index >= 15 is 0 Å². The maximum Gasteiger partial charge on any atom is 0.0494 e. The van der Waals surface area contributed by atoms with E-state index in [4.69, 9.17) is 0 Å². The number of rotatable bonds is 0. The molecule has 0 amide bonds. The standard InChI is InChI=1S/C6H6I2/c7-5-3-1-2-4-6(5)8/h1,6H,2,4H2. The van der Waals surface area contributed by atoms with E-state index in [2.05, 4.69) is 57.0 Å². The van der Waals surface area contributed by atoms with Crippen LogP contribution in [0.25, 0.3) is 0 Å². The van der Waals surface area contributed by atoms with Crippen LogP contribution in [0.2, 0.25) is 0 Å². The molecule has 1 rings (SSSR count). The van der Waals surface area contributed by atoms with Crippen molar-refractivity contribution in [2.24, 2.45) is 0 Å². The van der Waals surface area contributed by atoms with Gasteiger partial charge >= 0.3 is 0 Å². The van der Waals surface area contributed by atoms with Gasteiger partial charge in [0, 0.05) is 7.50 Å². The van der Waals surface area contributed by atoms with Crippen molar-refractivity contribution in [1.82, 2.24) is 0 Å². The Morgan fingerprint density at radius 1 is 1.75 bits per heavy atom. The number of halogens is 2. The first-order valence-electron chi connectivity index (χ1n) is 2.55. The molecule has 0 radical (unpaired) electrons. The topological polar surface area (TPSA) is 0 Å². The Balaban J connectivity index is 2.75. The van der Waals surface area contributed by atoms with Crippen molar-refractivity contribution in [3.05, 3.63) is 15.4 Å². The van der Waals surface area contributed by atoms with Crippen molar-refractivity contribution in [1.29, 1.82) is 0 Å². The number of allylic oxidation sites excluding steroid dienone is 1. The average molecular weight is 332 g/mol. The summed E-state index contributed by atoms with van der Waals surface area (Å²) in [6.07, 6.45) is 4.63. The Hall–Kier alpha value is 0.980. The molecule has 0 spiro atoms. The second-order valence-corrected chi connectivity index (χ2v) is 4.41. The maximum absolute atomic E-state index is 3.20. The van der Waals surface area contributed by atoms with Crippen LogP contribution in [0.4, 0.5) is 0 Å². The molecule has 44 valence electrons. The molecule has 1 aliphatic carbocycles. The third-order valence-electron chi connectivity index (χ3n) is 1.08. The maximum atomic E-state index is 3.20. The molecule has 0 aromatic carbocycles. The van der Waals surface area contributed by atoms with E-state index in [1.165, 1.54) is 16.4 Å². The Morgan fingerprint density at radius 2 is 2.50 bits per heavy atom. The van der Waals surface area contributed by atoms with Crippen LogP contribution in [-0.2, 0) is 0 Å². The van der Waals surface area contributed by atoms with Gasteiger partial charge in [0.25, 0.3) is 0 Å². The van der Waals surface area contributed by atoms with Crippen molar-refractivity contribution in [2.45, 2.75) is 16.8 Å². The quantitative estimate of drug-likeness (QED) is 0.363. The van der Waals surface area contributed by atoms with Crippen LogP contribution in [0.5, 0.6) is 0 Å². The number of alkyl halides is 1. The largest absolute Gasteiger partial charge is 0.114 e. The molecule has 0 nitrogen and oxygen atoms in total. The highest BCUT2D eigenvalue weighted by Gasteiger charge is 2.07. The summed E-state index contributed by atoms with van der Waals surface area (Å²) in [7, 11) is 0. The first kappa shape index (κ1) is 7.09.